The predicted octanol–water partition coefficient (Wildman–Crippen LogP) is 3.56. The quantitative estimate of drug-likeness (QED) is 0.784. The smallest absolute Gasteiger partial charge is 0.0455 e. The zero-order chi connectivity index (χ0) is 9.84. The lowest BCUT2D eigenvalue weighted by Gasteiger charge is -2.17. The molecule has 0 bridgehead atoms. The first kappa shape index (κ1) is 10.6. The first-order valence-corrected chi connectivity index (χ1v) is 5.85. The lowest BCUT2D eigenvalue weighted by Crippen LogP contribution is -2.09. The normalized spacial score (nSPS) is 15.6. The molecular weight excluding hydrogens is 178 g/mol. The van der Waals surface area contributed by atoms with Crippen LogP contribution in [0.5, 0.6) is 0 Å². The van der Waals surface area contributed by atoms with Crippen molar-refractivity contribution in [3.05, 3.63) is 16.3 Å². The van der Waals surface area contributed by atoms with Gasteiger partial charge in [0.15, 0.2) is 0 Å². The van der Waals surface area contributed by atoms with Crippen LogP contribution in [-0.2, 0) is 6.42 Å². The van der Waals surface area contributed by atoms with E-state index >= 15 is 0 Å². The van der Waals surface area contributed by atoms with Gasteiger partial charge in [-0.25, -0.2) is 0 Å². The standard InChI is InChI=1S/C11H19NS/c1-4-8(2)9(3)7-11-10(12)5-6-13-11/h5-6,8-9H,4,7,12H2,1-3H3/t8-,9+/m0/s1. The second kappa shape index (κ2) is 4.66. The number of nitrogens with two attached hydrogens (primary N) is 1. The molecule has 74 valence electrons. The number of rotatable bonds is 4. The van der Waals surface area contributed by atoms with Gasteiger partial charge in [-0.2, -0.15) is 0 Å². The molecular formula is C11H19NS. The molecule has 0 aliphatic carbocycles. The van der Waals surface area contributed by atoms with Gasteiger partial charge in [-0.05, 0) is 29.7 Å². The Morgan fingerprint density at radius 3 is 2.54 bits per heavy atom. The Morgan fingerprint density at radius 1 is 1.38 bits per heavy atom. The van der Waals surface area contributed by atoms with Crippen LogP contribution in [0.15, 0.2) is 11.4 Å². The van der Waals surface area contributed by atoms with Crippen molar-refractivity contribution in [2.75, 3.05) is 5.73 Å². The van der Waals surface area contributed by atoms with E-state index in [1.807, 2.05) is 6.07 Å². The molecule has 0 aliphatic heterocycles. The Labute approximate surface area is 85.0 Å². The number of anilines is 1. The SMILES string of the molecule is CC[C@H](C)[C@H](C)Cc1sccc1N. The number of nitrogen functional groups attached to an aromatic ring is 1. The molecule has 2 N–H and O–H groups in total. The van der Waals surface area contributed by atoms with Gasteiger partial charge in [-0.15, -0.1) is 11.3 Å². The first-order chi connectivity index (χ1) is 6.15. The van der Waals surface area contributed by atoms with Gasteiger partial charge in [-0.3, -0.25) is 0 Å². The Hall–Kier alpha value is -0.500. The van der Waals surface area contributed by atoms with Crippen molar-refractivity contribution in [1.29, 1.82) is 0 Å². The summed E-state index contributed by atoms with van der Waals surface area (Å²) in [7, 11) is 0. The van der Waals surface area contributed by atoms with E-state index in [1.54, 1.807) is 11.3 Å². The fourth-order valence-electron chi connectivity index (χ4n) is 1.41. The minimum Gasteiger partial charge on any atom is -0.398 e. The molecule has 2 heteroatoms. The number of hydrogen-bond donors (Lipinski definition) is 1. The third-order valence-electron chi connectivity index (χ3n) is 2.90. The van der Waals surface area contributed by atoms with Crippen molar-refractivity contribution in [3.63, 3.8) is 0 Å². The van der Waals surface area contributed by atoms with E-state index in [-0.39, 0.29) is 0 Å². The van der Waals surface area contributed by atoms with Gasteiger partial charge in [0, 0.05) is 10.6 Å². The summed E-state index contributed by atoms with van der Waals surface area (Å²) < 4.78 is 0. The highest BCUT2D eigenvalue weighted by atomic mass is 32.1. The van der Waals surface area contributed by atoms with Gasteiger partial charge in [0.2, 0.25) is 0 Å². The van der Waals surface area contributed by atoms with Crippen LogP contribution in [0.4, 0.5) is 5.69 Å². The van der Waals surface area contributed by atoms with Gasteiger partial charge in [0.25, 0.3) is 0 Å². The van der Waals surface area contributed by atoms with E-state index < -0.39 is 0 Å². The predicted molar refractivity (Wildman–Crippen MR) is 61.1 cm³/mol. The molecule has 0 saturated heterocycles. The molecule has 0 unspecified atom stereocenters. The van der Waals surface area contributed by atoms with Crippen LogP contribution >= 0.6 is 11.3 Å². The number of thiophene rings is 1. The third-order valence-corrected chi connectivity index (χ3v) is 3.86. The average molecular weight is 197 g/mol. The molecule has 13 heavy (non-hydrogen) atoms. The fourth-order valence-corrected chi connectivity index (χ4v) is 2.35. The maximum atomic E-state index is 5.84. The highest BCUT2D eigenvalue weighted by Gasteiger charge is 2.12. The summed E-state index contributed by atoms with van der Waals surface area (Å²) in [4.78, 5) is 1.35. The van der Waals surface area contributed by atoms with Crippen LogP contribution < -0.4 is 5.73 Å². The van der Waals surface area contributed by atoms with Crippen molar-refractivity contribution >= 4 is 17.0 Å². The molecule has 0 saturated carbocycles. The summed E-state index contributed by atoms with van der Waals surface area (Å²) in [6.07, 6.45) is 2.39. The second-order valence-electron chi connectivity index (χ2n) is 3.87. The largest absolute Gasteiger partial charge is 0.398 e. The van der Waals surface area contributed by atoms with Crippen molar-refractivity contribution in [3.8, 4) is 0 Å². The number of hydrogen-bond acceptors (Lipinski definition) is 2. The van der Waals surface area contributed by atoms with Crippen molar-refractivity contribution in [2.24, 2.45) is 11.8 Å². The molecule has 1 heterocycles. The van der Waals surface area contributed by atoms with E-state index in [9.17, 15) is 0 Å². The minimum absolute atomic E-state index is 0.742. The molecule has 0 spiro atoms. The van der Waals surface area contributed by atoms with Crippen LogP contribution in [0.3, 0.4) is 0 Å². The summed E-state index contributed by atoms with van der Waals surface area (Å²) in [6.45, 7) is 6.88. The minimum atomic E-state index is 0.742. The lowest BCUT2D eigenvalue weighted by molar-refractivity contribution is 0.377. The zero-order valence-corrected chi connectivity index (χ0v) is 9.53. The highest BCUT2D eigenvalue weighted by molar-refractivity contribution is 7.10. The molecule has 0 fully saturated rings. The topological polar surface area (TPSA) is 26.0 Å². The van der Waals surface area contributed by atoms with Crippen LogP contribution in [0.2, 0.25) is 0 Å². The van der Waals surface area contributed by atoms with Crippen LogP contribution in [0, 0.1) is 11.8 Å². The van der Waals surface area contributed by atoms with Gasteiger partial charge in [0.1, 0.15) is 0 Å². The molecule has 0 radical (unpaired) electrons. The van der Waals surface area contributed by atoms with Crippen molar-refractivity contribution < 1.29 is 0 Å². The van der Waals surface area contributed by atoms with E-state index in [0.717, 1.165) is 23.9 Å². The summed E-state index contributed by atoms with van der Waals surface area (Å²) in [5, 5.41) is 2.08. The Bertz CT molecular complexity index is 254. The maximum Gasteiger partial charge on any atom is 0.0455 e. The van der Waals surface area contributed by atoms with E-state index in [1.165, 1.54) is 11.3 Å². The summed E-state index contributed by atoms with van der Waals surface area (Å²) in [5.74, 6) is 1.53. The monoisotopic (exact) mass is 197 g/mol. The van der Waals surface area contributed by atoms with Crippen molar-refractivity contribution in [2.45, 2.75) is 33.6 Å². The highest BCUT2D eigenvalue weighted by Crippen LogP contribution is 2.26. The molecule has 0 aromatic carbocycles. The van der Waals surface area contributed by atoms with E-state index in [0.29, 0.717) is 0 Å². The Morgan fingerprint density at radius 2 is 2.08 bits per heavy atom. The Kier molecular flexibility index (Phi) is 3.79. The first-order valence-electron chi connectivity index (χ1n) is 4.97. The molecule has 1 rings (SSSR count). The molecule has 1 aromatic heterocycles. The van der Waals surface area contributed by atoms with Gasteiger partial charge < -0.3 is 5.73 Å². The lowest BCUT2D eigenvalue weighted by atomic mass is 9.90. The molecule has 0 amide bonds. The summed E-state index contributed by atoms with van der Waals surface area (Å²) in [5.41, 5.74) is 6.81. The third kappa shape index (κ3) is 2.73. The Balaban J connectivity index is 2.54. The fraction of sp³-hybridized carbons (Fsp3) is 0.636. The molecule has 0 aliphatic rings. The molecule has 1 aromatic rings. The van der Waals surface area contributed by atoms with Gasteiger partial charge in [-0.1, -0.05) is 27.2 Å². The second-order valence-corrected chi connectivity index (χ2v) is 4.87. The summed E-state index contributed by atoms with van der Waals surface area (Å²) >= 11 is 1.78. The van der Waals surface area contributed by atoms with E-state index in [2.05, 4.69) is 26.2 Å². The molecule has 2 atom stereocenters. The maximum absolute atomic E-state index is 5.84. The molecule has 1 nitrogen and oxygen atoms in total. The van der Waals surface area contributed by atoms with Gasteiger partial charge in [0.05, 0.1) is 0 Å². The van der Waals surface area contributed by atoms with Crippen LogP contribution in [0.25, 0.3) is 0 Å². The zero-order valence-electron chi connectivity index (χ0n) is 8.71. The van der Waals surface area contributed by atoms with E-state index in [4.69, 9.17) is 5.73 Å². The average Bonchev–Trinajstić information content (AvgIpc) is 2.50. The van der Waals surface area contributed by atoms with Crippen LogP contribution in [0.1, 0.15) is 32.1 Å². The van der Waals surface area contributed by atoms with Crippen molar-refractivity contribution in [1.82, 2.24) is 0 Å². The summed E-state index contributed by atoms with van der Waals surface area (Å²) in [6, 6.07) is 2.00. The van der Waals surface area contributed by atoms with Gasteiger partial charge >= 0.3 is 0 Å². The van der Waals surface area contributed by atoms with Crippen LogP contribution in [-0.4, -0.2) is 0 Å².